The van der Waals surface area contributed by atoms with Gasteiger partial charge in [0.05, 0.1) is 11.4 Å². The Kier molecular flexibility index (Phi) is 6.71. The molecule has 5 rings (SSSR count). The number of fused-ring (bicyclic) bond motifs is 1. The normalized spacial score (nSPS) is 19.4. The van der Waals surface area contributed by atoms with Crippen LogP contribution < -0.4 is 16.0 Å². The topological polar surface area (TPSA) is 104 Å². The Labute approximate surface area is 209 Å². The number of thiophene rings is 1. The summed E-state index contributed by atoms with van der Waals surface area (Å²) in [5, 5.41) is 4.26. The molecule has 35 heavy (non-hydrogen) atoms. The second kappa shape index (κ2) is 9.91. The van der Waals surface area contributed by atoms with Crippen molar-refractivity contribution in [1.29, 1.82) is 0 Å². The highest BCUT2D eigenvalue weighted by Crippen LogP contribution is 2.35. The van der Waals surface area contributed by atoms with Crippen LogP contribution in [0.4, 0.5) is 11.5 Å². The number of carbonyl (C=O) groups excluding carboxylic acids is 2. The van der Waals surface area contributed by atoms with Crippen LogP contribution in [0.5, 0.6) is 0 Å². The summed E-state index contributed by atoms with van der Waals surface area (Å²) in [7, 11) is 0. The molecule has 2 aromatic heterocycles. The molecular formula is C26H32N6O2S. The number of rotatable bonds is 6. The van der Waals surface area contributed by atoms with Crippen molar-refractivity contribution < 1.29 is 9.59 Å². The summed E-state index contributed by atoms with van der Waals surface area (Å²) in [5.74, 6) is 0.758. The van der Waals surface area contributed by atoms with E-state index in [1.807, 2.05) is 24.3 Å². The molecule has 3 aromatic rings. The van der Waals surface area contributed by atoms with Crippen molar-refractivity contribution in [3.63, 3.8) is 0 Å². The van der Waals surface area contributed by atoms with Gasteiger partial charge in [-0.2, -0.15) is 0 Å². The van der Waals surface area contributed by atoms with Gasteiger partial charge in [0.2, 0.25) is 11.8 Å². The second-order valence-electron chi connectivity index (χ2n) is 9.64. The largest absolute Gasteiger partial charge is 0.368 e. The first-order chi connectivity index (χ1) is 16.9. The monoisotopic (exact) mass is 492 g/mol. The van der Waals surface area contributed by atoms with Crippen LogP contribution >= 0.6 is 11.3 Å². The molecular weight excluding hydrogens is 460 g/mol. The molecule has 0 radical (unpaired) electrons. The number of anilines is 2. The van der Waals surface area contributed by atoms with Gasteiger partial charge in [-0.05, 0) is 69.3 Å². The zero-order valence-electron chi connectivity index (χ0n) is 20.3. The summed E-state index contributed by atoms with van der Waals surface area (Å²) < 4.78 is 0. The van der Waals surface area contributed by atoms with Gasteiger partial charge in [0.25, 0.3) is 0 Å². The first kappa shape index (κ1) is 23.7. The fourth-order valence-corrected chi connectivity index (χ4v) is 6.31. The fourth-order valence-electron chi connectivity index (χ4n) is 5.32. The highest BCUT2D eigenvalue weighted by Gasteiger charge is 2.29. The van der Waals surface area contributed by atoms with Gasteiger partial charge in [0.1, 0.15) is 17.0 Å². The highest BCUT2D eigenvalue weighted by atomic mass is 32.1. The maximum Gasteiger partial charge on any atom is 0.234 e. The fraction of sp³-hybridized carbons (Fsp3) is 0.462. The van der Waals surface area contributed by atoms with Crippen LogP contribution in [0.1, 0.15) is 41.7 Å². The van der Waals surface area contributed by atoms with Gasteiger partial charge in [-0.15, -0.1) is 11.3 Å². The van der Waals surface area contributed by atoms with Crippen molar-refractivity contribution in [2.45, 2.75) is 52.1 Å². The summed E-state index contributed by atoms with van der Waals surface area (Å²) in [6.45, 7) is 7.37. The Morgan fingerprint density at radius 3 is 2.71 bits per heavy atom. The number of piperidine rings is 1. The van der Waals surface area contributed by atoms with E-state index in [1.54, 1.807) is 17.7 Å². The molecule has 1 atom stereocenters. The molecule has 184 valence electrons. The first-order valence-corrected chi connectivity index (χ1v) is 13.1. The van der Waals surface area contributed by atoms with Crippen LogP contribution in [0.2, 0.25) is 0 Å². The van der Waals surface area contributed by atoms with E-state index in [2.05, 4.69) is 38.9 Å². The Morgan fingerprint density at radius 1 is 1.14 bits per heavy atom. The molecule has 1 unspecified atom stereocenters. The number of primary amides is 1. The van der Waals surface area contributed by atoms with Crippen LogP contribution in [0.15, 0.2) is 30.6 Å². The molecule has 8 nitrogen and oxygen atoms in total. The van der Waals surface area contributed by atoms with Gasteiger partial charge < -0.3 is 16.0 Å². The lowest BCUT2D eigenvalue weighted by Crippen LogP contribution is -2.39. The molecule has 2 saturated heterocycles. The summed E-state index contributed by atoms with van der Waals surface area (Å²) in [5.41, 5.74) is 8.67. The number of amides is 2. The van der Waals surface area contributed by atoms with Gasteiger partial charge >= 0.3 is 0 Å². The maximum atomic E-state index is 13.1. The Hall–Kier alpha value is -3.04. The molecule has 2 amide bonds. The van der Waals surface area contributed by atoms with E-state index in [1.165, 1.54) is 10.4 Å². The van der Waals surface area contributed by atoms with E-state index >= 15 is 0 Å². The zero-order valence-corrected chi connectivity index (χ0v) is 21.1. The van der Waals surface area contributed by atoms with Crippen LogP contribution in [-0.2, 0) is 16.1 Å². The third-order valence-corrected chi connectivity index (χ3v) is 8.50. The molecule has 0 saturated carbocycles. The lowest BCUT2D eigenvalue weighted by molar-refractivity contribution is -0.122. The number of aromatic nitrogens is 2. The van der Waals surface area contributed by atoms with E-state index in [0.29, 0.717) is 6.54 Å². The molecule has 0 bridgehead atoms. The average Bonchev–Trinajstić information content (AvgIpc) is 3.43. The van der Waals surface area contributed by atoms with Gasteiger partial charge in [-0.25, -0.2) is 9.97 Å². The minimum atomic E-state index is -0.259. The number of nitrogens with one attached hydrogen (secondary N) is 1. The molecule has 4 heterocycles. The molecule has 0 spiro atoms. The highest BCUT2D eigenvalue weighted by molar-refractivity contribution is 7.18. The number of benzene rings is 1. The number of aryl methyl sites for hydroxylation is 2. The average molecular weight is 493 g/mol. The zero-order chi connectivity index (χ0) is 24.5. The summed E-state index contributed by atoms with van der Waals surface area (Å²) in [4.78, 5) is 40.5. The van der Waals surface area contributed by atoms with E-state index in [4.69, 9.17) is 5.73 Å². The number of nitrogens with zero attached hydrogens (tertiary/aromatic N) is 4. The standard InChI is InChI=1S/C26H32N6O2S/c1-16-17(2)35-26-22(16)24(28-15-29-26)31-11-8-19(9-12-31)25(34)30-20-6-3-5-18(13-20)14-32-10-4-7-21(32)23(27)33/h3,5-6,13,15,19,21H,4,7-12,14H2,1-2H3,(H2,27,33)(H,30,34). The summed E-state index contributed by atoms with van der Waals surface area (Å²) in [6, 6.07) is 7.71. The van der Waals surface area contributed by atoms with Gasteiger partial charge in [0.15, 0.2) is 0 Å². The molecule has 2 aliphatic heterocycles. The lowest BCUT2D eigenvalue weighted by Gasteiger charge is -2.32. The molecule has 2 fully saturated rings. The molecule has 0 aliphatic carbocycles. The molecule has 2 aliphatic rings. The van der Waals surface area contributed by atoms with Crippen molar-refractivity contribution in [3.8, 4) is 0 Å². The summed E-state index contributed by atoms with van der Waals surface area (Å²) in [6.07, 6.45) is 5.01. The number of hydrogen-bond donors (Lipinski definition) is 2. The SMILES string of the molecule is Cc1sc2ncnc(N3CCC(C(=O)Nc4cccc(CN5CCCC5C(N)=O)c4)CC3)c2c1C. The third-order valence-electron chi connectivity index (χ3n) is 7.38. The lowest BCUT2D eigenvalue weighted by atomic mass is 9.95. The Morgan fingerprint density at radius 2 is 1.94 bits per heavy atom. The van der Waals surface area contributed by atoms with E-state index in [0.717, 1.165) is 72.6 Å². The molecule has 9 heteroatoms. The number of likely N-dealkylation sites (tertiary alicyclic amines) is 1. The number of carbonyl (C=O) groups is 2. The van der Waals surface area contributed by atoms with Crippen molar-refractivity contribution in [2.24, 2.45) is 11.7 Å². The molecule has 3 N–H and O–H groups in total. The minimum Gasteiger partial charge on any atom is -0.368 e. The second-order valence-corrected chi connectivity index (χ2v) is 10.8. The first-order valence-electron chi connectivity index (χ1n) is 12.3. The Balaban J connectivity index is 1.20. The number of nitrogens with two attached hydrogens (primary N) is 1. The van der Waals surface area contributed by atoms with Gasteiger partial charge in [0, 0.05) is 36.1 Å². The van der Waals surface area contributed by atoms with Crippen LogP contribution in [-0.4, -0.2) is 52.4 Å². The van der Waals surface area contributed by atoms with Crippen LogP contribution in [0.3, 0.4) is 0 Å². The number of hydrogen-bond acceptors (Lipinski definition) is 7. The van der Waals surface area contributed by atoms with Crippen molar-refractivity contribution in [1.82, 2.24) is 14.9 Å². The summed E-state index contributed by atoms with van der Waals surface area (Å²) >= 11 is 1.71. The predicted molar refractivity (Wildman–Crippen MR) is 140 cm³/mol. The van der Waals surface area contributed by atoms with E-state index < -0.39 is 0 Å². The Bertz CT molecular complexity index is 1250. The predicted octanol–water partition coefficient (Wildman–Crippen LogP) is 3.61. The van der Waals surface area contributed by atoms with Gasteiger partial charge in [-0.1, -0.05) is 12.1 Å². The smallest absolute Gasteiger partial charge is 0.234 e. The maximum absolute atomic E-state index is 13.1. The molecule has 1 aromatic carbocycles. The van der Waals surface area contributed by atoms with Crippen molar-refractivity contribution >= 4 is 44.9 Å². The van der Waals surface area contributed by atoms with Crippen molar-refractivity contribution in [3.05, 3.63) is 46.6 Å². The quantitative estimate of drug-likeness (QED) is 0.545. The van der Waals surface area contributed by atoms with Crippen LogP contribution in [0.25, 0.3) is 10.2 Å². The minimum absolute atomic E-state index is 0.0321. The van der Waals surface area contributed by atoms with Crippen molar-refractivity contribution in [2.75, 3.05) is 29.9 Å². The van der Waals surface area contributed by atoms with E-state index in [-0.39, 0.29) is 23.8 Å². The van der Waals surface area contributed by atoms with Gasteiger partial charge in [-0.3, -0.25) is 14.5 Å². The van der Waals surface area contributed by atoms with E-state index in [9.17, 15) is 9.59 Å². The third kappa shape index (κ3) is 4.88. The van der Waals surface area contributed by atoms with Crippen LogP contribution in [0, 0.1) is 19.8 Å².